The number of rotatable bonds is 8. The van der Waals surface area contributed by atoms with Crippen LogP contribution in [0.15, 0.2) is 78.6 Å². The molecule has 1 saturated heterocycles. The summed E-state index contributed by atoms with van der Waals surface area (Å²) in [5.74, 6) is 1.08. The van der Waals surface area contributed by atoms with Gasteiger partial charge < -0.3 is 29.6 Å². The Morgan fingerprint density at radius 2 is 1.88 bits per heavy atom. The molecule has 1 aliphatic carbocycles. The Hall–Kier alpha value is -4.86. The van der Waals surface area contributed by atoms with Crippen molar-refractivity contribution in [3.63, 3.8) is 0 Å². The van der Waals surface area contributed by atoms with E-state index in [1.54, 1.807) is 30.2 Å². The first-order chi connectivity index (χ1) is 20.0. The number of nitrogens with zero attached hydrogens (tertiary/aromatic N) is 3. The first kappa shape index (κ1) is 26.4. The lowest BCUT2D eigenvalue weighted by molar-refractivity contribution is 0.102. The number of nitrogen functional groups attached to an aromatic ring is 1. The van der Waals surface area contributed by atoms with Gasteiger partial charge in [0.1, 0.15) is 19.5 Å². The number of aromatic nitrogens is 2. The van der Waals surface area contributed by atoms with E-state index in [1.165, 1.54) is 24.0 Å². The fourth-order valence-electron chi connectivity index (χ4n) is 5.35. The summed E-state index contributed by atoms with van der Waals surface area (Å²) in [4.78, 5) is 22.9. The smallest absolute Gasteiger partial charge is 0.410 e. The third-order valence-corrected chi connectivity index (χ3v) is 7.43. The third kappa shape index (κ3) is 5.58. The summed E-state index contributed by atoms with van der Waals surface area (Å²) in [5, 5.41) is 0.535. The van der Waals surface area contributed by atoms with Gasteiger partial charge in [-0.15, -0.1) is 0 Å². The quantitative estimate of drug-likeness (QED) is 0.216. The van der Waals surface area contributed by atoms with Crippen LogP contribution in [0.3, 0.4) is 0 Å². The fourth-order valence-corrected chi connectivity index (χ4v) is 5.35. The fraction of sp³-hybridized carbons (Fsp3) is 0.258. The minimum atomic E-state index is -0.659. The van der Waals surface area contributed by atoms with Gasteiger partial charge in [-0.2, -0.15) is 0 Å². The van der Waals surface area contributed by atoms with Crippen LogP contribution in [0.4, 0.5) is 14.9 Å². The molecule has 2 aliphatic rings. The first-order valence-electron chi connectivity index (χ1n) is 13.3. The van der Waals surface area contributed by atoms with Gasteiger partial charge in [-0.05, 0) is 47.6 Å². The lowest BCUT2D eigenvalue weighted by Gasteiger charge is -2.17. The van der Waals surface area contributed by atoms with Crippen LogP contribution >= 0.6 is 0 Å². The number of ether oxygens (including phenoxy) is 4. The predicted molar refractivity (Wildman–Crippen MR) is 150 cm³/mol. The van der Waals surface area contributed by atoms with Gasteiger partial charge in [0.2, 0.25) is 5.88 Å². The van der Waals surface area contributed by atoms with Crippen molar-refractivity contribution in [1.82, 2.24) is 14.9 Å². The summed E-state index contributed by atoms with van der Waals surface area (Å²) >= 11 is 0. The van der Waals surface area contributed by atoms with Crippen LogP contribution < -0.4 is 19.9 Å². The van der Waals surface area contributed by atoms with Crippen LogP contribution in [-0.4, -0.2) is 47.8 Å². The number of carbonyl (C=O) groups excluding carboxylic acids is 1. The van der Waals surface area contributed by atoms with Crippen molar-refractivity contribution < 1.29 is 28.1 Å². The number of likely N-dealkylation sites (tertiary alicyclic amines) is 1. The first-order valence-corrected chi connectivity index (χ1v) is 13.3. The molecular weight excluding hydrogens is 527 g/mol. The topological polar surface area (TPSA) is 109 Å². The minimum Gasteiger partial charge on any atom is -0.493 e. The molecule has 210 valence electrons. The van der Waals surface area contributed by atoms with Crippen molar-refractivity contribution in [3.8, 4) is 23.1 Å². The number of hydrogen-bond acceptors (Lipinski definition) is 8. The number of benzene rings is 3. The minimum absolute atomic E-state index is 0.0183. The molecule has 4 aromatic rings. The van der Waals surface area contributed by atoms with E-state index >= 15 is 0 Å². The molecule has 1 fully saturated rings. The van der Waals surface area contributed by atoms with E-state index < -0.39 is 5.82 Å². The number of fused-ring (bicyclic) bond motifs is 2. The molecule has 10 heteroatoms. The van der Waals surface area contributed by atoms with Gasteiger partial charge in [0, 0.05) is 19.2 Å². The zero-order chi connectivity index (χ0) is 28.3. The third-order valence-electron chi connectivity index (χ3n) is 7.43. The second-order valence-corrected chi connectivity index (χ2v) is 10.1. The van der Waals surface area contributed by atoms with E-state index in [1.807, 2.05) is 30.3 Å². The summed E-state index contributed by atoms with van der Waals surface area (Å²) in [5.41, 5.74) is 8.34. The Labute approximate surface area is 236 Å². The lowest BCUT2D eigenvalue weighted by Crippen LogP contribution is -2.30. The predicted octanol–water partition coefficient (Wildman–Crippen LogP) is 5.75. The SMILES string of the molecule is COc1cc2c(Oc3cccc(N)c3F)ncnc2cc1OCC1=CC2CN(C(=O)OCc3ccccc3)CC2C1. The van der Waals surface area contributed by atoms with Crippen LogP contribution in [0.5, 0.6) is 23.1 Å². The zero-order valence-electron chi connectivity index (χ0n) is 22.5. The second kappa shape index (κ2) is 11.3. The molecule has 0 saturated carbocycles. The largest absolute Gasteiger partial charge is 0.493 e. The standard InChI is InChI=1S/C31H29FN4O5/c1-38-27-12-23-25(34-18-35-30(23)41-26-9-5-8-24(33)29(26)32)13-28(27)39-17-20-10-21-14-36(15-22(21)11-20)31(37)40-16-19-6-3-2-4-7-19/h2-10,12-13,18,21-22H,11,14-17,33H2,1H3. The highest BCUT2D eigenvalue weighted by molar-refractivity contribution is 5.87. The molecule has 0 bridgehead atoms. The maximum atomic E-state index is 14.4. The van der Waals surface area contributed by atoms with Crippen LogP contribution in [0.25, 0.3) is 10.9 Å². The molecule has 2 heterocycles. The molecule has 0 spiro atoms. The van der Waals surface area contributed by atoms with Crippen molar-refractivity contribution in [2.24, 2.45) is 11.8 Å². The van der Waals surface area contributed by atoms with Gasteiger partial charge in [0.15, 0.2) is 23.1 Å². The molecule has 2 unspecified atom stereocenters. The van der Waals surface area contributed by atoms with Crippen LogP contribution in [0.1, 0.15) is 12.0 Å². The Bertz CT molecular complexity index is 1610. The van der Waals surface area contributed by atoms with E-state index in [0.717, 1.165) is 12.0 Å². The summed E-state index contributed by atoms with van der Waals surface area (Å²) in [6, 6.07) is 17.7. The van der Waals surface area contributed by atoms with Gasteiger partial charge in [0.05, 0.1) is 23.7 Å². The van der Waals surface area contributed by atoms with Crippen LogP contribution in [0, 0.1) is 17.7 Å². The number of carbonyl (C=O) groups is 1. The number of amides is 1. The maximum absolute atomic E-state index is 14.4. The molecule has 6 rings (SSSR count). The molecular formula is C31H29FN4O5. The average molecular weight is 557 g/mol. The van der Waals surface area contributed by atoms with Gasteiger partial charge in [-0.1, -0.05) is 42.5 Å². The Morgan fingerprint density at radius 1 is 1.02 bits per heavy atom. The average Bonchev–Trinajstić information content (AvgIpc) is 3.57. The van der Waals surface area contributed by atoms with Gasteiger partial charge in [-0.25, -0.2) is 19.2 Å². The van der Waals surface area contributed by atoms with Crippen molar-refractivity contribution >= 4 is 22.7 Å². The van der Waals surface area contributed by atoms with Crippen molar-refractivity contribution in [2.45, 2.75) is 13.0 Å². The van der Waals surface area contributed by atoms with E-state index in [9.17, 15) is 9.18 Å². The lowest BCUT2D eigenvalue weighted by atomic mass is 10.00. The molecule has 0 radical (unpaired) electrons. The number of methoxy groups -OCH3 is 1. The molecule has 1 aromatic heterocycles. The number of hydrogen-bond donors (Lipinski definition) is 1. The Balaban J connectivity index is 1.10. The van der Waals surface area contributed by atoms with Crippen molar-refractivity contribution in [1.29, 1.82) is 0 Å². The second-order valence-electron chi connectivity index (χ2n) is 10.1. The van der Waals surface area contributed by atoms with Gasteiger partial charge >= 0.3 is 6.09 Å². The molecule has 2 atom stereocenters. The van der Waals surface area contributed by atoms with Crippen molar-refractivity contribution in [3.05, 3.63) is 90.0 Å². The summed E-state index contributed by atoms with van der Waals surface area (Å²) < 4.78 is 37.4. The normalized spacial score (nSPS) is 17.7. The molecule has 1 aliphatic heterocycles. The van der Waals surface area contributed by atoms with E-state index in [2.05, 4.69) is 16.0 Å². The van der Waals surface area contributed by atoms with Gasteiger partial charge in [0.25, 0.3) is 0 Å². The molecule has 41 heavy (non-hydrogen) atoms. The highest BCUT2D eigenvalue weighted by Gasteiger charge is 2.38. The number of nitrogens with two attached hydrogens (primary N) is 1. The van der Waals surface area contributed by atoms with Gasteiger partial charge in [-0.3, -0.25) is 0 Å². The Kier molecular flexibility index (Phi) is 7.28. The highest BCUT2D eigenvalue weighted by Crippen LogP contribution is 2.40. The van der Waals surface area contributed by atoms with Crippen LogP contribution in [-0.2, 0) is 11.3 Å². The summed E-state index contributed by atoms with van der Waals surface area (Å²) in [6.07, 6.45) is 4.11. The van der Waals surface area contributed by atoms with E-state index in [-0.39, 0.29) is 35.9 Å². The van der Waals surface area contributed by atoms with Crippen LogP contribution in [0.2, 0.25) is 0 Å². The maximum Gasteiger partial charge on any atom is 0.410 e. The molecule has 3 aromatic carbocycles. The Morgan fingerprint density at radius 3 is 2.68 bits per heavy atom. The monoisotopic (exact) mass is 556 g/mol. The number of anilines is 1. The zero-order valence-corrected chi connectivity index (χ0v) is 22.5. The molecule has 2 N–H and O–H groups in total. The van der Waals surface area contributed by atoms with E-state index in [0.29, 0.717) is 48.0 Å². The van der Waals surface area contributed by atoms with Crippen molar-refractivity contribution in [2.75, 3.05) is 32.5 Å². The highest BCUT2D eigenvalue weighted by atomic mass is 19.1. The number of halogens is 1. The van der Waals surface area contributed by atoms with E-state index in [4.69, 9.17) is 24.7 Å². The summed E-state index contributed by atoms with van der Waals surface area (Å²) in [6.45, 7) is 1.94. The molecule has 9 nitrogen and oxygen atoms in total. The molecule has 1 amide bonds. The summed E-state index contributed by atoms with van der Waals surface area (Å²) in [7, 11) is 1.54.